The van der Waals surface area contributed by atoms with Crippen molar-refractivity contribution in [1.82, 2.24) is 10.2 Å². The van der Waals surface area contributed by atoms with E-state index in [1.165, 1.54) is 37.3 Å². The van der Waals surface area contributed by atoms with E-state index in [1.807, 2.05) is 68.4 Å². The van der Waals surface area contributed by atoms with E-state index in [0.717, 1.165) is 25.5 Å². The average Bonchev–Trinajstić information content (AvgIpc) is 3.08. The fourth-order valence-corrected chi connectivity index (χ4v) is 6.97. The highest BCUT2D eigenvalue weighted by molar-refractivity contribution is 9.10. The van der Waals surface area contributed by atoms with Crippen molar-refractivity contribution in [3.8, 4) is 11.5 Å². The zero-order valence-corrected chi connectivity index (χ0v) is 29.4. The predicted octanol–water partition coefficient (Wildman–Crippen LogP) is 6.14. The monoisotopic (exact) mass is 721 g/mol. The molecule has 0 fully saturated rings. The Morgan fingerprint density at radius 1 is 0.851 bits per heavy atom. The molecule has 1 N–H and O–H groups in total. The van der Waals surface area contributed by atoms with Gasteiger partial charge in [0.25, 0.3) is 10.0 Å². The normalized spacial score (nSPS) is 11.8. The Balaban J connectivity index is 1.82. The van der Waals surface area contributed by atoms with Crippen molar-refractivity contribution >= 4 is 43.5 Å². The van der Waals surface area contributed by atoms with Crippen molar-refractivity contribution in [1.29, 1.82) is 0 Å². The number of sulfonamides is 1. The van der Waals surface area contributed by atoms with Crippen molar-refractivity contribution in [3.05, 3.63) is 118 Å². The van der Waals surface area contributed by atoms with Crippen LogP contribution in [-0.4, -0.2) is 58.5 Å². The number of anilines is 1. The van der Waals surface area contributed by atoms with Crippen LogP contribution in [0.25, 0.3) is 0 Å². The van der Waals surface area contributed by atoms with E-state index in [9.17, 15) is 18.0 Å². The topological polar surface area (TPSA) is 105 Å². The fraction of sp³-hybridized carbons (Fsp3) is 0.278. The number of aryl methyl sites for hydroxylation is 1. The molecule has 0 spiro atoms. The number of rotatable bonds is 15. The van der Waals surface area contributed by atoms with E-state index in [2.05, 4.69) is 21.2 Å². The van der Waals surface area contributed by atoms with E-state index in [1.54, 1.807) is 24.3 Å². The third-order valence-electron chi connectivity index (χ3n) is 7.61. The highest BCUT2D eigenvalue weighted by atomic mass is 79.9. The van der Waals surface area contributed by atoms with E-state index in [4.69, 9.17) is 9.47 Å². The second-order valence-corrected chi connectivity index (χ2v) is 13.8. The van der Waals surface area contributed by atoms with Gasteiger partial charge < -0.3 is 19.7 Å². The fourth-order valence-electron chi connectivity index (χ4n) is 5.10. The van der Waals surface area contributed by atoms with Gasteiger partial charge in [0.2, 0.25) is 11.8 Å². The lowest BCUT2D eigenvalue weighted by molar-refractivity contribution is -0.140. The maximum atomic E-state index is 14.6. The molecule has 0 aliphatic carbocycles. The van der Waals surface area contributed by atoms with Crippen LogP contribution in [0.15, 0.2) is 106 Å². The first-order valence-corrected chi connectivity index (χ1v) is 17.5. The minimum atomic E-state index is -4.31. The second kappa shape index (κ2) is 16.5. The van der Waals surface area contributed by atoms with Crippen LogP contribution in [-0.2, 0) is 32.6 Å². The summed E-state index contributed by atoms with van der Waals surface area (Å²) >= 11 is 3.50. The molecule has 0 saturated carbocycles. The molecule has 0 bridgehead atoms. The molecule has 0 saturated heterocycles. The number of carbonyl (C=O) groups is 2. The highest BCUT2D eigenvalue weighted by Crippen LogP contribution is 2.32. The summed E-state index contributed by atoms with van der Waals surface area (Å²) in [7, 11) is -1.42. The average molecular weight is 723 g/mol. The van der Waals surface area contributed by atoms with Gasteiger partial charge in [0.1, 0.15) is 12.6 Å². The van der Waals surface area contributed by atoms with Crippen LogP contribution in [0.4, 0.5) is 5.69 Å². The maximum absolute atomic E-state index is 14.6. The molecule has 0 aliphatic heterocycles. The van der Waals surface area contributed by atoms with Crippen molar-refractivity contribution in [2.24, 2.45) is 0 Å². The van der Waals surface area contributed by atoms with E-state index < -0.39 is 28.5 Å². The third-order valence-corrected chi connectivity index (χ3v) is 9.87. The van der Waals surface area contributed by atoms with Gasteiger partial charge in [0.05, 0.1) is 24.8 Å². The van der Waals surface area contributed by atoms with Gasteiger partial charge >= 0.3 is 0 Å². The van der Waals surface area contributed by atoms with Gasteiger partial charge in [-0.3, -0.25) is 13.9 Å². The molecular weight excluding hydrogens is 682 g/mol. The molecule has 1 unspecified atom stereocenters. The summed E-state index contributed by atoms with van der Waals surface area (Å²) in [4.78, 5) is 29.8. The molecule has 0 heterocycles. The maximum Gasteiger partial charge on any atom is 0.264 e. The number of hydrogen-bond donors (Lipinski definition) is 1. The Morgan fingerprint density at radius 2 is 1.53 bits per heavy atom. The van der Waals surface area contributed by atoms with E-state index in [0.29, 0.717) is 24.4 Å². The summed E-state index contributed by atoms with van der Waals surface area (Å²) in [6.07, 6.45) is 0.956. The lowest BCUT2D eigenvalue weighted by Gasteiger charge is -2.34. The van der Waals surface area contributed by atoms with Crippen molar-refractivity contribution in [2.45, 2.75) is 44.2 Å². The highest BCUT2D eigenvalue weighted by Gasteiger charge is 2.35. The summed E-state index contributed by atoms with van der Waals surface area (Å²) in [6.45, 7) is 3.81. The van der Waals surface area contributed by atoms with Crippen LogP contribution in [0.2, 0.25) is 0 Å². The summed E-state index contributed by atoms with van der Waals surface area (Å²) in [6, 6.07) is 27.2. The molecule has 47 heavy (non-hydrogen) atoms. The quantitative estimate of drug-likeness (QED) is 0.158. The van der Waals surface area contributed by atoms with Gasteiger partial charge in [-0.15, -0.1) is 0 Å². The lowest BCUT2D eigenvalue weighted by Crippen LogP contribution is -2.53. The molecule has 4 aromatic carbocycles. The minimum Gasteiger partial charge on any atom is -0.493 e. The zero-order chi connectivity index (χ0) is 34.0. The van der Waals surface area contributed by atoms with Gasteiger partial charge in [0.15, 0.2) is 11.5 Å². The molecule has 4 aromatic rings. The number of carbonyl (C=O) groups excluding carboxylic acids is 2. The Hall–Kier alpha value is -4.35. The standard InChI is InChI=1S/C36H40BrN3O6S/c1-5-20-38-36(42)32(22-27-10-7-6-8-11-27)39(24-28-12-9-13-29(37)21-28)35(41)25-40(30-16-14-26(2)15-17-30)47(43,44)31-18-19-33(45-3)34(23-31)46-4/h6-19,21,23,32H,5,20,22,24-25H2,1-4H3,(H,38,42). The molecule has 9 nitrogen and oxygen atoms in total. The second-order valence-electron chi connectivity index (χ2n) is 11.0. The number of halogens is 1. The van der Waals surface area contributed by atoms with Gasteiger partial charge in [-0.05, 0) is 60.9 Å². The summed E-state index contributed by atoms with van der Waals surface area (Å²) in [5.74, 6) is -0.257. The van der Waals surface area contributed by atoms with Crippen LogP contribution >= 0.6 is 15.9 Å². The molecule has 248 valence electrons. The molecule has 0 aliphatic rings. The van der Waals surface area contributed by atoms with E-state index in [-0.39, 0.29) is 29.5 Å². The summed E-state index contributed by atoms with van der Waals surface area (Å²) < 4.78 is 41.3. The largest absolute Gasteiger partial charge is 0.493 e. The summed E-state index contributed by atoms with van der Waals surface area (Å²) in [5, 5.41) is 2.96. The SMILES string of the molecule is CCCNC(=O)C(Cc1ccccc1)N(Cc1cccc(Br)c1)C(=O)CN(c1ccc(C)cc1)S(=O)(=O)c1ccc(OC)c(OC)c1. The van der Waals surface area contributed by atoms with Crippen LogP contribution < -0.4 is 19.1 Å². The Bertz CT molecular complexity index is 1770. The van der Waals surface area contributed by atoms with Gasteiger partial charge in [-0.2, -0.15) is 0 Å². The third kappa shape index (κ3) is 9.14. The van der Waals surface area contributed by atoms with Crippen molar-refractivity contribution < 1.29 is 27.5 Å². The number of amides is 2. The Kier molecular flexibility index (Phi) is 12.4. The zero-order valence-electron chi connectivity index (χ0n) is 27.0. The number of ether oxygens (including phenoxy) is 2. The molecule has 2 amide bonds. The van der Waals surface area contributed by atoms with Crippen LogP contribution in [0.1, 0.15) is 30.0 Å². The van der Waals surface area contributed by atoms with Crippen LogP contribution in [0.5, 0.6) is 11.5 Å². The first-order chi connectivity index (χ1) is 22.6. The van der Waals surface area contributed by atoms with Gasteiger partial charge in [0, 0.05) is 30.0 Å². The van der Waals surface area contributed by atoms with Crippen molar-refractivity contribution in [3.63, 3.8) is 0 Å². The molecule has 0 aromatic heterocycles. The number of nitrogens with zero attached hydrogens (tertiary/aromatic N) is 2. The Morgan fingerprint density at radius 3 is 2.17 bits per heavy atom. The van der Waals surface area contributed by atoms with Gasteiger partial charge in [-0.25, -0.2) is 8.42 Å². The number of nitrogens with one attached hydrogen (secondary N) is 1. The first kappa shape index (κ1) is 35.5. The molecule has 1 atom stereocenters. The molecular formula is C36H40BrN3O6S. The molecule has 0 radical (unpaired) electrons. The molecule has 11 heteroatoms. The number of hydrogen-bond acceptors (Lipinski definition) is 6. The predicted molar refractivity (Wildman–Crippen MR) is 187 cm³/mol. The van der Waals surface area contributed by atoms with Crippen LogP contribution in [0.3, 0.4) is 0 Å². The number of benzene rings is 4. The lowest BCUT2D eigenvalue weighted by atomic mass is 10.0. The first-order valence-electron chi connectivity index (χ1n) is 15.2. The smallest absolute Gasteiger partial charge is 0.264 e. The van der Waals surface area contributed by atoms with E-state index >= 15 is 0 Å². The molecule has 4 rings (SSSR count). The van der Waals surface area contributed by atoms with Crippen molar-refractivity contribution in [2.75, 3.05) is 31.6 Å². The number of methoxy groups -OCH3 is 2. The Labute approximate surface area is 285 Å². The van der Waals surface area contributed by atoms with Gasteiger partial charge in [-0.1, -0.05) is 83.0 Å². The minimum absolute atomic E-state index is 0.0768. The van der Waals surface area contributed by atoms with Crippen LogP contribution in [0, 0.1) is 6.92 Å². The summed E-state index contributed by atoms with van der Waals surface area (Å²) in [5.41, 5.74) is 2.87.